The number of amides is 1. The maximum Gasteiger partial charge on any atom is 1.00 e. The summed E-state index contributed by atoms with van der Waals surface area (Å²) in [7, 11) is -0.492. The number of hydrogen-bond acceptors (Lipinski definition) is 12. The van der Waals surface area contributed by atoms with Crippen LogP contribution in [0.1, 0.15) is 33.6 Å². The van der Waals surface area contributed by atoms with Gasteiger partial charge in [-0.3, -0.25) is 9.59 Å². The van der Waals surface area contributed by atoms with Crippen molar-refractivity contribution in [2.45, 2.75) is 22.5 Å². The van der Waals surface area contributed by atoms with E-state index in [2.05, 4.69) is 89.1 Å². The number of carbonyl (C=O) groups excluding carboxylic acids is 4. The number of alkyl halides is 3. The Morgan fingerprint density at radius 2 is 1.52 bits per heavy atom. The Hall–Kier alpha value is 4.86. The number of nitrogens with zero attached hydrogens (tertiary/aromatic N) is 1. The molecule has 48 heavy (non-hydrogen) atoms. The molecule has 2 aromatic carbocycles. The number of rotatable bonds is 7. The van der Waals surface area contributed by atoms with Crippen LogP contribution in [0.2, 0.25) is 0 Å². The Bertz CT molecular complexity index is 1300. The molecule has 3 unspecified atom stereocenters. The van der Waals surface area contributed by atoms with E-state index in [1.807, 2.05) is 0 Å². The first kappa shape index (κ1) is 62.1. The van der Waals surface area contributed by atoms with Crippen LogP contribution in [0, 0.1) is 0 Å². The number of anilines is 2. The van der Waals surface area contributed by atoms with E-state index in [-0.39, 0.29) is 107 Å². The molecule has 1 amide bonds. The molecule has 248 valence electrons. The van der Waals surface area contributed by atoms with Gasteiger partial charge in [-0.25, -0.2) is 14.3 Å². The molecule has 1 saturated heterocycles. The largest absolute Gasteiger partial charge is 1.00 e. The van der Waals surface area contributed by atoms with Gasteiger partial charge < -0.3 is 35.7 Å². The van der Waals surface area contributed by atoms with Gasteiger partial charge in [-0.05, 0) is 97.3 Å². The van der Waals surface area contributed by atoms with Crippen molar-refractivity contribution >= 4 is 197 Å². The van der Waals surface area contributed by atoms with Crippen molar-refractivity contribution in [2.75, 3.05) is 36.7 Å². The van der Waals surface area contributed by atoms with Crippen LogP contribution in [0.15, 0.2) is 45.3 Å². The summed E-state index contributed by atoms with van der Waals surface area (Å²) in [5, 5.41) is 9.00. The number of ether oxygens (including phenoxy) is 2. The Morgan fingerprint density at radius 3 is 1.85 bits per heavy atom. The number of esters is 2. The third-order valence-electron chi connectivity index (χ3n) is 4.87. The fourth-order valence-electron chi connectivity index (χ4n) is 2.87. The molecule has 0 radical (unpaired) electrons. The molecule has 13 nitrogen and oxygen atoms in total. The van der Waals surface area contributed by atoms with Gasteiger partial charge in [-0.1, -0.05) is 47.8 Å². The van der Waals surface area contributed by atoms with Crippen LogP contribution in [0.4, 0.5) is 11.4 Å². The van der Waals surface area contributed by atoms with Crippen LogP contribution in [-0.4, -0.2) is 127 Å². The minimum absolute atomic E-state index is 0. The van der Waals surface area contributed by atoms with Crippen molar-refractivity contribution in [2.24, 2.45) is 0 Å². The summed E-state index contributed by atoms with van der Waals surface area (Å²) >= 11 is 23.7. The zero-order valence-corrected chi connectivity index (χ0v) is 47.7. The van der Waals surface area contributed by atoms with E-state index in [4.69, 9.17) is 36.8 Å². The van der Waals surface area contributed by atoms with Gasteiger partial charge in [0.1, 0.15) is 0 Å². The molecule has 0 spiro atoms. The van der Waals surface area contributed by atoms with Crippen LogP contribution in [0.3, 0.4) is 0 Å². The molecule has 0 saturated carbocycles. The zero-order valence-electron chi connectivity index (χ0n) is 26.7. The van der Waals surface area contributed by atoms with Crippen molar-refractivity contribution in [1.29, 1.82) is 0 Å². The molecule has 3 rings (SSSR count). The summed E-state index contributed by atoms with van der Waals surface area (Å²) in [6, 6.07) is 10.2. The molecule has 1 aliphatic rings. The Kier molecular flexibility index (Phi) is 48.4. The number of benzene rings is 2. The van der Waals surface area contributed by atoms with Crippen molar-refractivity contribution < 1.29 is 134 Å². The summed E-state index contributed by atoms with van der Waals surface area (Å²) < 4.78 is 21.9. The number of carbonyl (C=O) groups is 4. The number of hydrogen-bond donors (Lipinski definition) is 1. The van der Waals surface area contributed by atoms with Gasteiger partial charge >= 0.3 is 164 Å². The van der Waals surface area contributed by atoms with E-state index in [0.717, 1.165) is 18.2 Å². The van der Waals surface area contributed by atoms with Crippen LogP contribution >= 0.6 is 99.5 Å². The van der Waals surface area contributed by atoms with E-state index < -0.39 is 20.2 Å². The van der Waals surface area contributed by atoms with Gasteiger partial charge in [0.05, 0.1) is 35.0 Å². The van der Waals surface area contributed by atoms with Crippen molar-refractivity contribution in [3.05, 3.63) is 56.5 Å². The molecule has 0 aromatic heterocycles. The number of nitrogen functional groups attached to an aromatic ring is 1. The maximum absolute atomic E-state index is 11.9. The first-order valence-corrected chi connectivity index (χ1v) is 34.5. The average molecular weight is 1120 g/mol. The van der Waals surface area contributed by atoms with E-state index >= 15 is 0 Å². The molecule has 1 heterocycles. The molecule has 0 aliphatic carbocycles. The average Bonchev–Trinajstić information content (AvgIpc) is 3.37. The molecule has 1 fully saturated rings. The minimum atomic E-state index is -3.15. The quantitative estimate of drug-likeness (QED) is 0.0476. The third kappa shape index (κ3) is 26.7. The SMILES string of the molecule is COC(=O)c1cc(N)ccc1Br.COC(=O)c1cc(N2CCC(Br)C2=O)ccc1Br.O=C(Cl)C(Br)CCBr.O=[P+]([O-])O[O-].[K+].[K][K].[Na+].[OH-]. The van der Waals surface area contributed by atoms with Gasteiger partial charge in [0.2, 0.25) is 11.1 Å². The van der Waals surface area contributed by atoms with Gasteiger partial charge in [-0.15, -0.1) is 0 Å². The fraction of sp³-hybridized carbons (Fsp3) is 0.333. The summed E-state index contributed by atoms with van der Waals surface area (Å²) in [5.41, 5.74) is 7.60. The zero-order chi connectivity index (χ0) is 35.3. The molecular weight excluding hydrogens is 1100 g/mol. The molecule has 2 aromatic rings. The second kappa shape index (κ2) is 37.4. The Morgan fingerprint density at radius 1 is 1.08 bits per heavy atom. The predicted octanol–water partition coefficient (Wildman–Crippen LogP) is -1.78. The fourth-order valence-corrected chi connectivity index (χ4v) is 5.55. The monoisotopic (exact) mass is 1120 g/mol. The Labute approximate surface area is 436 Å². The van der Waals surface area contributed by atoms with E-state index in [9.17, 15) is 19.2 Å². The van der Waals surface area contributed by atoms with Crippen LogP contribution in [0.5, 0.6) is 0 Å². The molecular formula is C24H25Br5ClK3N2NaO11P. The number of nitrogens with two attached hydrogens (primary N) is 1. The topological polar surface area (TPSA) is 218 Å². The normalized spacial score (nSPS) is 13.1. The number of methoxy groups -OCH3 is 2. The van der Waals surface area contributed by atoms with Crippen LogP contribution in [0.25, 0.3) is 0 Å². The standard InChI is InChI=1S/C12H11Br2NO3.C8H8BrNO2.C4H5Br2ClO.3K.Na.HO4P.H2O/c1-18-12(17)8-6-7(2-3-9(8)13)15-5-4-10(14)11(15)16;1-12-8(11)6-4-5(10)2-3-7(6)9;5-2-1-3(6)4(7)8;;;;;1-4-5(2)3;/h2-3,6,10H,4-5H2,1H3;2-4H,10H2,1H3;3H,1-2H2;;;;;1H;1H2/q;;;;;2*+1;;/p-2. The van der Waals surface area contributed by atoms with Crippen LogP contribution < -0.4 is 102 Å². The minimum Gasteiger partial charge on any atom is -0.870 e. The van der Waals surface area contributed by atoms with Crippen molar-refractivity contribution in [3.63, 3.8) is 0 Å². The maximum atomic E-state index is 11.9. The summed E-state index contributed by atoms with van der Waals surface area (Å²) in [5.74, 6) is -0.798. The smallest absolute Gasteiger partial charge is 0.870 e. The summed E-state index contributed by atoms with van der Waals surface area (Å²) in [6.45, 7) is 0.650. The summed E-state index contributed by atoms with van der Waals surface area (Å²) in [4.78, 5) is 55.0. The van der Waals surface area contributed by atoms with Crippen molar-refractivity contribution in [1.82, 2.24) is 0 Å². The Balaban J connectivity index is -0.000000180. The van der Waals surface area contributed by atoms with Gasteiger partial charge in [0.25, 0.3) is 0 Å². The van der Waals surface area contributed by atoms with Crippen molar-refractivity contribution in [3.8, 4) is 0 Å². The molecule has 0 bridgehead atoms. The third-order valence-corrected chi connectivity index (χ3v) is 9.09. The van der Waals surface area contributed by atoms with E-state index in [1.54, 1.807) is 41.3 Å². The molecule has 3 atom stereocenters. The first-order chi connectivity index (χ1) is 21.1. The molecule has 24 heteroatoms. The van der Waals surface area contributed by atoms with E-state index in [1.165, 1.54) is 77.4 Å². The van der Waals surface area contributed by atoms with E-state index in [0.29, 0.717) is 38.0 Å². The summed E-state index contributed by atoms with van der Waals surface area (Å²) in [6.07, 6.45) is 1.50. The van der Waals surface area contributed by atoms with Gasteiger partial charge in [0, 0.05) is 32.2 Å². The number of halogens is 6. The molecule has 3 N–H and O–H groups in total. The second-order valence-corrected chi connectivity index (χ2v) is 13.4. The first-order valence-electron chi connectivity index (χ1n) is 12.4. The second-order valence-electron chi connectivity index (χ2n) is 7.68. The molecule has 1 aliphatic heterocycles. The van der Waals surface area contributed by atoms with Gasteiger partial charge in [-0.2, -0.15) is 0 Å². The predicted molar refractivity (Wildman–Crippen MR) is 189 cm³/mol. The van der Waals surface area contributed by atoms with Gasteiger partial charge in [0.15, 0.2) is 0 Å². The van der Waals surface area contributed by atoms with Crippen LogP contribution in [-0.2, 0) is 28.3 Å².